The summed E-state index contributed by atoms with van der Waals surface area (Å²) in [6, 6.07) is 7.21. The van der Waals surface area contributed by atoms with Crippen LogP contribution in [-0.2, 0) is 6.54 Å². The average molecular weight is 329 g/mol. The molecule has 1 aromatic heterocycles. The lowest BCUT2D eigenvalue weighted by Crippen LogP contribution is -2.41. The fourth-order valence-corrected chi connectivity index (χ4v) is 3.46. The normalized spacial score (nSPS) is 17.0. The van der Waals surface area contributed by atoms with Gasteiger partial charge in [-0.3, -0.25) is 9.36 Å². The predicted molar refractivity (Wildman–Crippen MR) is 97.4 cm³/mol. The number of H-pyrrole nitrogens is 1. The lowest BCUT2D eigenvalue weighted by atomic mass is 9.96. The molecule has 3 rings (SSSR count). The van der Waals surface area contributed by atoms with Crippen molar-refractivity contribution in [3.8, 4) is 0 Å². The molecule has 5 heteroatoms. The standard InChI is InChI=1S/C19H27N3O2/c1-14(2)7-10-21-11-8-15(9-12-21)13-22-18(23)16-5-3-4-6-17(16)20-19(22)24/h3-6,14-15H,7-13H2,1-2H3,(H,20,24). The number of nitrogens with zero attached hydrogens (tertiary/aromatic N) is 2. The van der Waals surface area contributed by atoms with Crippen LogP contribution in [0.5, 0.6) is 0 Å². The van der Waals surface area contributed by atoms with Gasteiger partial charge in [-0.2, -0.15) is 0 Å². The van der Waals surface area contributed by atoms with Gasteiger partial charge in [0.25, 0.3) is 5.56 Å². The summed E-state index contributed by atoms with van der Waals surface area (Å²) in [6.07, 6.45) is 3.34. The van der Waals surface area contributed by atoms with E-state index in [0.717, 1.165) is 38.4 Å². The minimum absolute atomic E-state index is 0.170. The van der Waals surface area contributed by atoms with Crippen LogP contribution in [0.3, 0.4) is 0 Å². The Morgan fingerprint density at radius 2 is 1.88 bits per heavy atom. The third kappa shape index (κ3) is 3.78. The maximum Gasteiger partial charge on any atom is 0.328 e. The molecule has 5 nitrogen and oxygen atoms in total. The van der Waals surface area contributed by atoms with E-state index in [2.05, 4.69) is 23.7 Å². The van der Waals surface area contributed by atoms with E-state index in [-0.39, 0.29) is 11.2 Å². The molecule has 0 spiro atoms. The Hall–Kier alpha value is -1.88. The summed E-state index contributed by atoms with van der Waals surface area (Å²) in [5.74, 6) is 1.14. The minimum atomic E-state index is -0.291. The van der Waals surface area contributed by atoms with E-state index in [1.807, 2.05) is 12.1 Å². The zero-order chi connectivity index (χ0) is 17.1. The Morgan fingerprint density at radius 1 is 1.17 bits per heavy atom. The summed E-state index contributed by atoms with van der Waals surface area (Å²) >= 11 is 0. The van der Waals surface area contributed by atoms with E-state index in [9.17, 15) is 9.59 Å². The van der Waals surface area contributed by atoms with Gasteiger partial charge >= 0.3 is 5.69 Å². The lowest BCUT2D eigenvalue weighted by Gasteiger charge is -2.32. The molecule has 0 amide bonds. The molecule has 0 radical (unpaired) electrons. The molecule has 0 atom stereocenters. The number of rotatable bonds is 5. The van der Waals surface area contributed by atoms with Crippen molar-refractivity contribution in [2.75, 3.05) is 19.6 Å². The highest BCUT2D eigenvalue weighted by Crippen LogP contribution is 2.19. The summed E-state index contributed by atoms with van der Waals surface area (Å²) in [6.45, 7) is 8.32. The van der Waals surface area contributed by atoms with Gasteiger partial charge in [-0.15, -0.1) is 0 Å². The number of para-hydroxylation sites is 1. The maximum atomic E-state index is 12.6. The number of aromatic amines is 1. The fourth-order valence-electron chi connectivity index (χ4n) is 3.46. The zero-order valence-electron chi connectivity index (χ0n) is 14.6. The molecule has 1 fully saturated rings. The van der Waals surface area contributed by atoms with Crippen molar-refractivity contribution in [2.24, 2.45) is 11.8 Å². The molecule has 0 unspecified atom stereocenters. The van der Waals surface area contributed by atoms with Crippen molar-refractivity contribution < 1.29 is 0 Å². The first kappa shape index (κ1) is 17.0. The Kier molecular flexibility index (Phi) is 5.19. The summed E-state index contributed by atoms with van der Waals surface area (Å²) in [4.78, 5) is 30.2. The molecule has 1 N–H and O–H groups in total. The highest BCUT2D eigenvalue weighted by Gasteiger charge is 2.21. The van der Waals surface area contributed by atoms with Crippen molar-refractivity contribution in [2.45, 2.75) is 39.7 Å². The van der Waals surface area contributed by atoms with Crippen LogP contribution >= 0.6 is 0 Å². The lowest BCUT2D eigenvalue weighted by molar-refractivity contribution is 0.165. The topological polar surface area (TPSA) is 58.1 Å². The van der Waals surface area contributed by atoms with Crippen molar-refractivity contribution in [1.82, 2.24) is 14.5 Å². The molecule has 2 aromatic rings. The van der Waals surface area contributed by atoms with Gasteiger partial charge in [0.05, 0.1) is 10.9 Å². The van der Waals surface area contributed by atoms with Gasteiger partial charge in [0, 0.05) is 6.54 Å². The van der Waals surface area contributed by atoms with Crippen LogP contribution in [0, 0.1) is 11.8 Å². The first-order valence-electron chi connectivity index (χ1n) is 8.99. The Morgan fingerprint density at radius 3 is 2.58 bits per heavy atom. The third-order valence-electron chi connectivity index (χ3n) is 5.06. The van der Waals surface area contributed by atoms with E-state index in [0.29, 0.717) is 23.4 Å². The van der Waals surface area contributed by atoms with Gasteiger partial charge in [-0.25, -0.2) is 4.79 Å². The van der Waals surface area contributed by atoms with Gasteiger partial charge in [0.2, 0.25) is 0 Å². The third-order valence-corrected chi connectivity index (χ3v) is 5.06. The largest absolute Gasteiger partial charge is 0.328 e. The molecule has 1 aliphatic rings. The fraction of sp³-hybridized carbons (Fsp3) is 0.579. The van der Waals surface area contributed by atoms with E-state index in [4.69, 9.17) is 0 Å². The van der Waals surface area contributed by atoms with E-state index >= 15 is 0 Å². The monoisotopic (exact) mass is 329 g/mol. The van der Waals surface area contributed by atoms with Crippen molar-refractivity contribution >= 4 is 10.9 Å². The molecule has 0 saturated carbocycles. The maximum absolute atomic E-state index is 12.6. The van der Waals surface area contributed by atoms with Gasteiger partial charge in [0.15, 0.2) is 0 Å². The number of aromatic nitrogens is 2. The molecule has 1 saturated heterocycles. The van der Waals surface area contributed by atoms with Crippen LogP contribution in [0.4, 0.5) is 0 Å². The Balaban J connectivity index is 1.68. The van der Waals surface area contributed by atoms with E-state index < -0.39 is 0 Å². The van der Waals surface area contributed by atoms with Crippen LogP contribution in [0.2, 0.25) is 0 Å². The molecule has 2 heterocycles. The summed E-state index contributed by atoms with van der Waals surface area (Å²) in [5, 5.41) is 0.589. The van der Waals surface area contributed by atoms with Gasteiger partial charge < -0.3 is 9.88 Å². The van der Waals surface area contributed by atoms with Gasteiger partial charge in [-0.05, 0) is 62.9 Å². The highest BCUT2D eigenvalue weighted by molar-refractivity contribution is 5.76. The second-order valence-corrected chi connectivity index (χ2v) is 7.36. The van der Waals surface area contributed by atoms with Gasteiger partial charge in [-0.1, -0.05) is 26.0 Å². The van der Waals surface area contributed by atoms with Crippen molar-refractivity contribution in [3.05, 3.63) is 45.1 Å². The quantitative estimate of drug-likeness (QED) is 0.917. The van der Waals surface area contributed by atoms with E-state index in [1.165, 1.54) is 11.0 Å². The first-order valence-corrected chi connectivity index (χ1v) is 8.99. The second kappa shape index (κ2) is 7.34. The molecule has 0 bridgehead atoms. The zero-order valence-corrected chi connectivity index (χ0v) is 14.6. The highest BCUT2D eigenvalue weighted by atomic mass is 16.2. The van der Waals surface area contributed by atoms with Gasteiger partial charge in [0.1, 0.15) is 0 Å². The number of hydrogen-bond donors (Lipinski definition) is 1. The smallest absolute Gasteiger partial charge is 0.307 e. The summed E-state index contributed by atoms with van der Waals surface area (Å²) < 4.78 is 1.39. The van der Waals surface area contributed by atoms with Crippen LogP contribution in [0.1, 0.15) is 33.1 Å². The number of benzene rings is 1. The number of piperidine rings is 1. The Labute approximate surface area is 142 Å². The Bertz CT molecular complexity index is 798. The molecule has 1 aliphatic heterocycles. The molecule has 0 aliphatic carbocycles. The predicted octanol–water partition coefficient (Wildman–Crippen LogP) is 2.45. The molecule has 24 heavy (non-hydrogen) atoms. The van der Waals surface area contributed by atoms with Crippen LogP contribution < -0.4 is 11.2 Å². The SMILES string of the molecule is CC(C)CCN1CCC(Cn2c(=O)[nH]c3ccccc3c2=O)CC1. The summed E-state index contributed by atoms with van der Waals surface area (Å²) in [5.41, 5.74) is 0.157. The molecule has 1 aromatic carbocycles. The average Bonchev–Trinajstić information content (AvgIpc) is 2.58. The molecular weight excluding hydrogens is 302 g/mol. The number of hydrogen-bond acceptors (Lipinski definition) is 3. The van der Waals surface area contributed by atoms with Crippen LogP contribution in [0.15, 0.2) is 33.9 Å². The van der Waals surface area contributed by atoms with Crippen molar-refractivity contribution in [3.63, 3.8) is 0 Å². The molecular formula is C19H27N3O2. The van der Waals surface area contributed by atoms with E-state index in [1.54, 1.807) is 12.1 Å². The van der Waals surface area contributed by atoms with Crippen LogP contribution in [0.25, 0.3) is 10.9 Å². The summed E-state index contributed by atoms with van der Waals surface area (Å²) in [7, 11) is 0. The minimum Gasteiger partial charge on any atom is -0.307 e. The van der Waals surface area contributed by atoms with Crippen LogP contribution in [-0.4, -0.2) is 34.1 Å². The second-order valence-electron chi connectivity index (χ2n) is 7.36. The van der Waals surface area contributed by atoms with Crippen molar-refractivity contribution in [1.29, 1.82) is 0 Å². The molecule has 130 valence electrons. The first-order chi connectivity index (χ1) is 11.5. The number of fused-ring (bicyclic) bond motifs is 1. The number of nitrogens with one attached hydrogen (secondary N) is 1. The number of likely N-dealkylation sites (tertiary alicyclic amines) is 1.